The average molecular weight is 513 g/mol. The molecule has 4 aromatic rings. The quantitative estimate of drug-likeness (QED) is 0.446. The summed E-state index contributed by atoms with van der Waals surface area (Å²) in [5.74, 6) is 0.429. The predicted octanol–water partition coefficient (Wildman–Crippen LogP) is 2.62. The standard InChI is InChI=1S/C27H28N8O3/c1-17(36)26(37)33-12-8-20(9-13-33)35-25-19(16-32(2)27(35)38)15-28-22-6-5-21(31-24(22)25)18-4-7-23(29-14-18)34-11-3-10-30-34/h3-7,10-11,14-15,17,20,36H,8-9,12-13,16H2,1-2H3/t17-/m0/s1. The lowest BCUT2D eigenvalue weighted by Gasteiger charge is -2.43. The Morgan fingerprint density at radius 3 is 2.61 bits per heavy atom. The van der Waals surface area contributed by atoms with Gasteiger partial charge >= 0.3 is 6.03 Å². The number of pyridine rings is 3. The molecular formula is C27H28N8O3. The second-order valence-electron chi connectivity index (χ2n) is 9.79. The van der Waals surface area contributed by atoms with Crippen LogP contribution in [0.4, 0.5) is 10.5 Å². The number of fused-ring (bicyclic) bond motifs is 3. The number of anilines is 1. The Morgan fingerprint density at radius 2 is 1.92 bits per heavy atom. The highest BCUT2D eigenvalue weighted by Crippen LogP contribution is 2.37. The van der Waals surface area contributed by atoms with Gasteiger partial charge in [-0.25, -0.2) is 19.4 Å². The molecule has 0 radical (unpaired) electrons. The number of aromatic nitrogens is 5. The summed E-state index contributed by atoms with van der Waals surface area (Å²) in [6.07, 6.45) is 7.31. The van der Waals surface area contributed by atoms with E-state index in [0.717, 1.165) is 22.5 Å². The van der Waals surface area contributed by atoms with Gasteiger partial charge in [-0.3, -0.25) is 14.7 Å². The lowest BCUT2D eigenvalue weighted by atomic mass is 9.99. The third kappa shape index (κ3) is 4.14. The highest BCUT2D eigenvalue weighted by atomic mass is 16.3. The van der Waals surface area contributed by atoms with Crippen molar-refractivity contribution >= 4 is 28.7 Å². The fourth-order valence-corrected chi connectivity index (χ4v) is 5.26. The van der Waals surface area contributed by atoms with Crippen molar-refractivity contribution in [2.75, 3.05) is 25.0 Å². The Bertz CT molecular complexity index is 1500. The van der Waals surface area contributed by atoms with E-state index in [0.29, 0.717) is 49.3 Å². The molecule has 2 aliphatic heterocycles. The van der Waals surface area contributed by atoms with Gasteiger partial charge in [0.05, 0.1) is 23.4 Å². The van der Waals surface area contributed by atoms with Crippen molar-refractivity contribution in [1.82, 2.24) is 34.5 Å². The summed E-state index contributed by atoms with van der Waals surface area (Å²) in [6, 6.07) is 9.32. The van der Waals surface area contributed by atoms with Gasteiger partial charge in [0, 0.05) is 62.1 Å². The molecule has 0 aliphatic carbocycles. The zero-order valence-electron chi connectivity index (χ0n) is 21.2. The van der Waals surface area contributed by atoms with E-state index in [1.807, 2.05) is 47.6 Å². The largest absolute Gasteiger partial charge is 0.384 e. The maximum absolute atomic E-state index is 13.5. The van der Waals surface area contributed by atoms with Crippen LogP contribution in [-0.2, 0) is 11.3 Å². The first-order valence-corrected chi connectivity index (χ1v) is 12.7. The van der Waals surface area contributed by atoms with Crippen LogP contribution in [0.5, 0.6) is 0 Å². The van der Waals surface area contributed by atoms with Crippen LogP contribution in [0.25, 0.3) is 28.1 Å². The summed E-state index contributed by atoms with van der Waals surface area (Å²) in [5.41, 5.74) is 4.66. The molecule has 1 saturated heterocycles. The molecule has 0 unspecified atom stereocenters. The van der Waals surface area contributed by atoms with Gasteiger partial charge in [-0.2, -0.15) is 5.10 Å². The number of carbonyl (C=O) groups excluding carboxylic acids is 2. The Hall–Kier alpha value is -4.38. The number of likely N-dealkylation sites (tertiary alicyclic amines) is 1. The van der Waals surface area contributed by atoms with E-state index in [-0.39, 0.29) is 18.0 Å². The highest BCUT2D eigenvalue weighted by Gasteiger charge is 2.38. The molecule has 0 saturated carbocycles. The van der Waals surface area contributed by atoms with Crippen molar-refractivity contribution in [3.05, 3.63) is 60.7 Å². The van der Waals surface area contributed by atoms with E-state index in [2.05, 4.69) is 15.1 Å². The molecule has 4 aromatic heterocycles. The van der Waals surface area contributed by atoms with Crippen molar-refractivity contribution in [2.24, 2.45) is 0 Å². The number of hydrogen-bond donors (Lipinski definition) is 1. The van der Waals surface area contributed by atoms with E-state index in [1.165, 1.54) is 6.92 Å². The van der Waals surface area contributed by atoms with Gasteiger partial charge in [-0.15, -0.1) is 0 Å². The fourth-order valence-electron chi connectivity index (χ4n) is 5.26. The van der Waals surface area contributed by atoms with Crippen LogP contribution in [-0.4, -0.2) is 83.9 Å². The zero-order valence-corrected chi connectivity index (χ0v) is 21.2. The average Bonchev–Trinajstić information content (AvgIpc) is 3.48. The number of amides is 3. The van der Waals surface area contributed by atoms with E-state index in [9.17, 15) is 14.7 Å². The number of hydrogen-bond acceptors (Lipinski definition) is 7. The second-order valence-corrected chi connectivity index (χ2v) is 9.79. The SMILES string of the molecule is C[C@H](O)C(=O)N1CCC(N2C(=O)N(C)Cc3cnc4ccc(-c5ccc(-n6cccn6)nc5)nc4c32)CC1. The number of carbonyl (C=O) groups is 2. The maximum Gasteiger partial charge on any atom is 0.324 e. The molecule has 0 spiro atoms. The van der Waals surface area contributed by atoms with Gasteiger partial charge in [0.25, 0.3) is 5.91 Å². The van der Waals surface area contributed by atoms with Crippen molar-refractivity contribution in [2.45, 2.75) is 38.5 Å². The first kappa shape index (κ1) is 24.0. The summed E-state index contributed by atoms with van der Waals surface area (Å²) < 4.78 is 1.69. The molecule has 1 N–H and O–H groups in total. The van der Waals surface area contributed by atoms with Crippen LogP contribution < -0.4 is 4.90 Å². The minimum atomic E-state index is -1.03. The summed E-state index contributed by atoms with van der Waals surface area (Å²) >= 11 is 0. The second kappa shape index (κ2) is 9.49. The van der Waals surface area contributed by atoms with Gasteiger partial charge < -0.3 is 14.9 Å². The first-order valence-electron chi connectivity index (χ1n) is 12.7. The monoisotopic (exact) mass is 512 g/mol. The Morgan fingerprint density at radius 1 is 1.11 bits per heavy atom. The van der Waals surface area contributed by atoms with Crippen LogP contribution >= 0.6 is 0 Å². The van der Waals surface area contributed by atoms with Crippen molar-refractivity contribution in [3.63, 3.8) is 0 Å². The van der Waals surface area contributed by atoms with Crippen LogP contribution in [0.15, 0.2) is 55.1 Å². The maximum atomic E-state index is 13.5. The minimum Gasteiger partial charge on any atom is -0.384 e. The van der Waals surface area contributed by atoms with Crippen LogP contribution in [0.3, 0.4) is 0 Å². The number of aliphatic hydroxyl groups is 1. The topological polar surface area (TPSA) is 121 Å². The number of urea groups is 1. The summed E-state index contributed by atoms with van der Waals surface area (Å²) in [7, 11) is 1.78. The molecule has 11 nitrogen and oxygen atoms in total. The molecule has 194 valence electrons. The molecule has 6 heterocycles. The molecule has 0 bridgehead atoms. The van der Waals surface area contributed by atoms with Crippen LogP contribution in [0.2, 0.25) is 0 Å². The third-order valence-electron chi connectivity index (χ3n) is 7.22. The van der Waals surface area contributed by atoms with Gasteiger partial charge in [0.15, 0.2) is 5.82 Å². The van der Waals surface area contributed by atoms with Crippen molar-refractivity contribution < 1.29 is 14.7 Å². The van der Waals surface area contributed by atoms with Crippen molar-refractivity contribution in [3.8, 4) is 17.1 Å². The fraction of sp³-hybridized carbons (Fsp3) is 0.333. The summed E-state index contributed by atoms with van der Waals surface area (Å²) in [4.78, 5) is 45.2. The number of nitrogens with zero attached hydrogens (tertiary/aromatic N) is 8. The predicted molar refractivity (Wildman–Crippen MR) is 141 cm³/mol. The smallest absolute Gasteiger partial charge is 0.324 e. The molecule has 0 aromatic carbocycles. The molecule has 6 rings (SSSR count). The van der Waals surface area contributed by atoms with Crippen molar-refractivity contribution in [1.29, 1.82) is 0 Å². The van der Waals surface area contributed by atoms with E-state index < -0.39 is 6.10 Å². The number of piperidine rings is 1. The lowest BCUT2D eigenvalue weighted by Crippen LogP contribution is -2.55. The Kier molecular flexibility index (Phi) is 5.99. The molecule has 1 fully saturated rings. The normalized spacial score (nSPS) is 17.1. The van der Waals surface area contributed by atoms with E-state index >= 15 is 0 Å². The van der Waals surface area contributed by atoms with Gasteiger partial charge in [-0.1, -0.05) is 0 Å². The Balaban J connectivity index is 1.37. The van der Waals surface area contributed by atoms with Crippen LogP contribution in [0, 0.1) is 0 Å². The lowest BCUT2D eigenvalue weighted by molar-refractivity contribution is -0.140. The molecule has 3 amide bonds. The zero-order chi connectivity index (χ0) is 26.4. The third-order valence-corrected chi connectivity index (χ3v) is 7.22. The number of aliphatic hydroxyl groups excluding tert-OH is 1. The Labute approximate surface area is 219 Å². The molecular weight excluding hydrogens is 484 g/mol. The van der Waals surface area contributed by atoms with E-state index in [4.69, 9.17) is 4.98 Å². The van der Waals surface area contributed by atoms with Crippen LogP contribution in [0.1, 0.15) is 25.3 Å². The minimum absolute atomic E-state index is 0.0947. The van der Waals surface area contributed by atoms with Gasteiger partial charge in [0.2, 0.25) is 0 Å². The van der Waals surface area contributed by atoms with Gasteiger partial charge in [-0.05, 0) is 50.1 Å². The summed E-state index contributed by atoms with van der Waals surface area (Å²) in [5, 5.41) is 13.9. The molecule has 2 aliphatic rings. The molecule has 11 heteroatoms. The first-order chi connectivity index (χ1) is 18.4. The number of rotatable bonds is 4. The summed E-state index contributed by atoms with van der Waals surface area (Å²) in [6.45, 7) is 2.88. The molecule has 1 atom stereocenters. The highest BCUT2D eigenvalue weighted by molar-refractivity contribution is 6.04. The molecule has 38 heavy (non-hydrogen) atoms. The van der Waals surface area contributed by atoms with Gasteiger partial charge in [0.1, 0.15) is 11.6 Å². The van der Waals surface area contributed by atoms with E-state index in [1.54, 1.807) is 33.9 Å².